The zero-order valence-electron chi connectivity index (χ0n) is 11.6. The van der Waals surface area contributed by atoms with Crippen LogP contribution in [0.25, 0.3) is 0 Å². The summed E-state index contributed by atoms with van der Waals surface area (Å²) in [5.41, 5.74) is 5.36. The van der Waals surface area contributed by atoms with Gasteiger partial charge in [0.25, 0.3) is 0 Å². The SMILES string of the molecule is CCOC(=O)CCN(C)S(=O)(=O)c1cc(Br)c(F)cc1N. The van der Waals surface area contributed by atoms with Crippen molar-refractivity contribution < 1.29 is 22.3 Å². The van der Waals surface area contributed by atoms with Gasteiger partial charge in [-0.3, -0.25) is 4.79 Å². The van der Waals surface area contributed by atoms with E-state index in [-0.39, 0.29) is 34.6 Å². The third-order valence-electron chi connectivity index (χ3n) is 2.68. The van der Waals surface area contributed by atoms with Crippen LogP contribution >= 0.6 is 15.9 Å². The number of nitrogens with zero attached hydrogens (tertiary/aromatic N) is 1. The first-order valence-electron chi connectivity index (χ1n) is 6.06. The van der Waals surface area contributed by atoms with Crippen LogP contribution < -0.4 is 5.73 Å². The number of halogens is 2. The highest BCUT2D eigenvalue weighted by Crippen LogP contribution is 2.28. The topological polar surface area (TPSA) is 89.7 Å². The first kappa shape index (κ1) is 17.9. The van der Waals surface area contributed by atoms with Crippen molar-refractivity contribution in [3.63, 3.8) is 0 Å². The van der Waals surface area contributed by atoms with Crippen LogP contribution in [0.1, 0.15) is 13.3 Å². The smallest absolute Gasteiger partial charge is 0.307 e. The number of carbonyl (C=O) groups excluding carboxylic acids is 1. The van der Waals surface area contributed by atoms with Crippen molar-refractivity contribution in [3.05, 3.63) is 22.4 Å². The molecule has 0 aliphatic rings. The van der Waals surface area contributed by atoms with Gasteiger partial charge in [0.05, 0.1) is 23.2 Å². The van der Waals surface area contributed by atoms with Crippen LogP contribution in [0.4, 0.5) is 10.1 Å². The Morgan fingerprint density at radius 3 is 2.67 bits per heavy atom. The number of carbonyl (C=O) groups is 1. The number of sulfonamides is 1. The summed E-state index contributed by atoms with van der Waals surface area (Å²) in [5.74, 6) is -1.14. The molecule has 0 spiro atoms. The number of benzene rings is 1. The molecular formula is C12H16BrFN2O4S. The maximum atomic E-state index is 13.3. The number of nitrogens with two attached hydrogens (primary N) is 1. The number of esters is 1. The summed E-state index contributed by atoms with van der Waals surface area (Å²) in [5, 5.41) is 0. The molecule has 0 aliphatic carbocycles. The number of anilines is 1. The van der Waals surface area contributed by atoms with E-state index in [1.807, 2.05) is 0 Å². The highest BCUT2D eigenvalue weighted by Gasteiger charge is 2.25. The van der Waals surface area contributed by atoms with Crippen LogP contribution in [0.3, 0.4) is 0 Å². The lowest BCUT2D eigenvalue weighted by molar-refractivity contribution is -0.143. The molecule has 1 rings (SSSR count). The fourth-order valence-electron chi connectivity index (χ4n) is 1.54. The first-order valence-corrected chi connectivity index (χ1v) is 8.30. The van der Waals surface area contributed by atoms with Crippen molar-refractivity contribution in [3.8, 4) is 0 Å². The van der Waals surface area contributed by atoms with Crippen LogP contribution in [0.15, 0.2) is 21.5 Å². The number of nitrogen functional groups attached to an aromatic ring is 1. The Kier molecular flexibility index (Phi) is 6.11. The van der Waals surface area contributed by atoms with Crippen LogP contribution in [-0.2, 0) is 19.6 Å². The van der Waals surface area contributed by atoms with Crippen LogP contribution in [0.2, 0.25) is 0 Å². The Hall–Kier alpha value is -1.19. The van der Waals surface area contributed by atoms with E-state index in [9.17, 15) is 17.6 Å². The molecule has 118 valence electrons. The zero-order chi connectivity index (χ0) is 16.2. The molecular weight excluding hydrogens is 367 g/mol. The van der Waals surface area contributed by atoms with Gasteiger partial charge in [-0.25, -0.2) is 17.1 Å². The van der Waals surface area contributed by atoms with Gasteiger partial charge in [-0.15, -0.1) is 0 Å². The average Bonchev–Trinajstić information content (AvgIpc) is 2.40. The van der Waals surface area contributed by atoms with E-state index in [0.717, 1.165) is 16.4 Å². The zero-order valence-corrected chi connectivity index (χ0v) is 14.0. The minimum absolute atomic E-state index is 0.00549. The summed E-state index contributed by atoms with van der Waals surface area (Å²) >= 11 is 2.92. The Balaban J connectivity index is 2.95. The molecule has 0 aliphatic heterocycles. The third kappa shape index (κ3) is 4.39. The number of ether oxygens (including phenoxy) is 1. The fraction of sp³-hybridized carbons (Fsp3) is 0.417. The van der Waals surface area contributed by atoms with Gasteiger partial charge in [0.1, 0.15) is 10.7 Å². The monoisotopic (exact) mass is 382 g/mol. The second kappa shape index (κ2) is 7.19. The molecule has 0 aromatic heterocycles. The van der Waals surface area contributed by atoms with Gasteiger partial charge >= 0.3 is 5.97 Å². The second-order valence-corrected chi connectivity index (χ2v) is 7.05. The maximum Gasteiger partial charge on any atom is 0.307 e. The van der Waals surface area contributed by atoms with E-state index in [1.165, 1.54) is 7.05 Å². The molecule has 0 bridgehead atoms. The summed E-state index contributed by atoms with van der Waals surface area (Å²) in [4.78, 5) is 11.0. The molecule has 1 aromatic carbocycles. The Morgan fingerprint density at radius 1 is 1.48 bits per heavy atom. The molecule has 0 amide bonds. The van der Waals surface area contributed by atoms with Crippen molar-refractivity contribution in [1.82, 2.24) is 4.31 Å². The molecule has 0 unspecified atom stereocenters. The van der Waals surface area contributed by atoms with Crippen LogP contribution in [0.5, 0.6) is 0 Å². The van der Waals surface area contributed by atoms with Gasteiger partial charge in [0, 0.05) is 13.6 Å². The highest BCUT2D eigenvalue weighted by atomic mass is 79.9. The molecule has 0 saturated heterocycles. The molecule has 2 N–H and O–H groups in total. The van der Waals surface area contributed by atoms with Gasteiger partial charge < -0.3 is 10.5 Å². The normalized spacial score (nSPS) is 11.7. The van der Waals surface area contributed by atoms with Crippen LogP contribution in [-0.4, -0.2) is 38.9 Å². The predicted molar refractivity (Wildman–Crippen MR) is 79.6 cm³/mol. The maximum absolute atomic E-state index is 13.3. The minimum atomic E-state index is -3.92. The van der Waals surface area contributed by atoms with Gasteiger partial charge in [-0.2, -0.15) is 0 Å². The van der Waals surface area contributed by atoms with Crippen molar-refractivity contribution in [1.29, 1.82) is 0 Å². The van der Waals surface area contributed by atoms with Crippen molar-refractivity contribution in [2.75, 3.05) is 25.9 Å². The van der Waals surface area contributed by atoms with Crippen molar-refractivity contribution >= 4 is 37.6 Å². The molecule has 21 heavy (non-hydrogen) atoms. The largest absolute Gasteiger partial charge is 0.466 e. The molecule has 0 saturated carbocycles. The second-order valence-electron chi connectivity index (χ2n) is 4.19. The Morgan fingerprint density at radius 2 is 2.10 bits per heavy atom. The summed E-state index contributed by atoms with van der Waals surface area (Å²) < 4.78 is 43.7. The summed E-state index contributed by atoms with van der Waals surface area (Å²) in [6, 6.07) is 2.02. The third-order valence-corrected chi connectivity index (χ3v) is 5.20. The van der Waals surface area contributed by atoms with E-state index < -0.39 is 21.8 Å². The summed E-state index contributed by atoms with van der Waals surface area (Å²) in [6.07, 6.45) is -0.0775. The Bertz CT molecular complexity index is 636. The lowest BCUT2D eigenvalue weighted by atomic mass is 10.3. The Labute approximate surface area is 131 Å². The van der Waals surface area contributed by atoms with E-state index in [4.69, 9.17) is 10.5 Å². The van der Waals surface area contributed by atoms with E-state index in [0.29, 0.717) is 0 Å². The van der Waals surface area contributed by atoms with E-state index in [1.54, 1.807) is 6.92 Å². The molecule has 0 radical (unpaired) electrons. The average molecular weight is 383 g/mol. The van der Waals surface area contributed by atoms with Crippen molar-refractivity contribution in [2.24, 2.45) is 0 Å². The van der Waals surface area contributed by atoms with E-state index in [2.05, 4.69) is 15.9 Å². The highest BCUT2D eigenvalue weighted by molar-refractivity contribution is 9.10. The summed E-state index contributed by atoms with van der Waals surface area (Å²) in [7, 11) is -2.60. The standard InChI is InChI=1S/C12H16BrFN2O4S/c1-3-20-12(17)4-5-16(2)21(18,19)11-6-8(13)9(14)7-10(11)15/h6-7H,3-5,15H2,1-2H3. The quantitative estimate of drug-likeness (QED) is 0.597. The summed E-state index contributed by atoms with van der Waals surface area (Å²) in [6.45, 7) is 1.83. The minimum Gasteiger partial charge on any atom is -0.466 e. The molecule has 0 heterocycles. The van der Waals surface area contributed by atoms with Gasteiger partial charge in [-0.1, -0.05) is 0 Å². The van der Waals surface area contributed by atoms with Gasteiger partial charge in [0.15, 0.2) is 0 Å². The van der Waals surface area contributed by atoms with Crippen molar-refractivity contribution in [2.45, 2.75) is 18.2 Å². The van der Waals surface area contributed by atoms with Crippen LogP contribution in [0, 0.1) is 5.82 Å². The number of hydrogen-bond donors (Lipinski definition) is 1. The fourth-order valence-corrected chi connectivity index (χ4v) is 3.32. The molecule has 0 atom stereocenters. The van der Waals surface area contributed by atoms with E-state index >= 15 is 0 Å². The van der Waals surface area contributed by atoms with Gasteiger partial charge in [-0.05, 0) is 35.0 Å². The number of rotatable bonds is 6. The molecule has 1 aromatic rings. The van der Waals surface area contributed by atoms with Gasteiger partial charge in [0.2, 0.25) is 10.0 Å². The lowest BCUT2D eigenvalue weighted by Gasteiger charge is -2.18. The first-order chi connectivity index (χ1) is 9.70. The predicted octanol–water partition coefficient (Wildman–Crippen LogP) is 1.74. The molecule has 6 nitrogen and oxygen atoms in total. The molecule has 9 heteroatoms. The molecule has 0 fully saturated rings. The lowest BCUT2D eigenvalue weighted by Crippen LogP contribution is -2.30. The number of hydrogen-bond acceptors (Lipinski definition) is 5.